The average molecular weight is 392 g/mol. The molecule has 1 aliphatic carbocycles. The molecule has 1 N–H and O–H groups in total. The molecule has 4 rings (SSSR count). The number of aryl methyl sites for hydroxylation is 1. The van der Waals surface area contributed by atoms with E-state index in [0.717, 1.165) is 5.56 Å². The Bertz CT molecular complexity index is 962. The predicted octanol–water partition coefficient (Wildman–Crippen LogP) is 4.65. The fraction of sp³-hybridized carbons (Fsp3) is 0.364. The molecule has 1 aromatic carbocycles. The third-order valence-corrected chi connectivity index (χ3v) is 5.12. The summed E-state index contributed by atoms with van der Waals surface area (Å²) >= 11 is 0. The van der Waals surface area contributed by atoms with E-state index >= 15 is 0 Å². The summed E-state index contributed by atoms with van der Waals surface area (Å²) in [5.41, 5.74) is 1.27. The Morgan fingerprint density at radius 1 is 1.17 bits per heavy atom. The SMILES string of the molecule is Cc1noc(-c2ccc(C(=O)Nc3ncccc3OCC3CCCCC3)cc2)n1. The van der Waals surface area contributed by atoms with Crippen LogP contribution in [-0.4, -0.2) is 27.6 Å². The molecule has 1 fully saturated rings. The van der Waals surface area contributed by atoms with Gasteiger partial charge in [0, 0.05) is 17.3 Å². The van der Waals surface area contributed by atoms with Crippen LogP contribution in [0.25, 0.3) is 11.5 Å². The van der Waals surface area contributed by atoms with E-state index in [1.165, 1.54) is 32.1 Å². The van der Waals surface area contributed by atoms with Crippen LogP contribution in [-0.2, 0) is 0 Å². The Kier molecular flexibility index (Phi) is 5.84. The normalized spacial score (nSPS) is 14.5. The number of hydrogen-bond acceptors (Lipinski definition) is 6. The van der Waals surface area contributed by atoms with Crippen molar-refractivity contribution >= 4 is 11.7 Å². The smallest absolute Gasteiger partial charge is 0.257 e. The van der Waals surface area contributed by atoms with E-state index in [2.05, 4.69) is 20.4 Å². The van der Waals surface area contributed by atoms with Crippen molar-refractivity contribution in [2.75, 3.05) is 11.9 Å². The monoisotopic (exact) mass is 392 g/mol. The summed E-state index contributed by atoms with van der Waals surface area (Å²) in [5, 5.41) is 6.63. The first-order valence-corrected chi connectivity index (χ1v) is 9.99. The summed E-state index contributed by atoms with van der Waals surface area (Å²) in [6, 6.07) is 10.6. The molecule has 0 radical (unpaired) electrons. The predicted molar refractivity (Wildman–Crippen MR) is 109 cm³/mol. The molecular formula is C22H24N4O3. The highest BCUT2D eigenvalue weighted by Crippen LogP contribution is 2.27. The topological polar surface area (TPSA) is 90.1 Å². The largest absolute Gasteiger partial charge is 0.489 e. The summed E-state index contributed by atoms with van der Waals surface area (Å²) < 4.78 is 11.1. The summed E-state index contributed by atoms with van der Waals surface area (Å²) in [7, 11) is 0. The quantitative estimate of drug-likeness (QED) is 0.657. The molecule has 0 spiro atoms. The lowest BCUT2D eigenvalue weighted by molar-refractivity contribution is 0.102. The van der Waals surface area contributed by atoms with Gasteiger partial charge in [-0.15, -0.1) is 0 Å². The van der Waals surface area contributed by atoms with Crippen LogP contribution in [0, 0.1) is 12.8 Å². The number of nitrogens with zero attached hydrogens (tertiary/aromatic N) is 3. The number of amides is 1. The maximum absolute atomic E-state index is 12.7. The van der Waals surface area contributed by atoms with Crippen molar-refractivity contribution in [3.05, 3.63) is 54.0 Å². The molecule has 0 atom stereocenters. The molecule has 0 aliphatic heterocycles. The van der Waals surface area contributed by atoms with Gasteiger partial charge in [-0.25, -0.2) is 4.98 Å². The second kappa shape index (κ2) is 8.86. The summed E-state index contributed by atoms with van der Waals surface area (Å²) in [6.45, 7) is 2.42. The second-order valence-electron chi connectivity index (χ2n) is 7.34. The number of ether oxygens (including phenoxy) is 1. The molecule has 0 saturated heterocycles. The fourth-order valence-corrected chi connectivity index (χ4v) is 3.52. The van der Waals surface area contributed by atoms with Gasteiger partial charge in [0.25, 0.3) is 11.8 Å². The lowest BCUT2D eigenvalue weighted by atomic mass is 9.90. The first-order valence-electron chi connectivity index (χ1n) is 9.99. The van der Waals surface area contributed by atoms with E-state index in [1.54, 1.807) is 37.4 Å². The molecule has 1 amide bonds. The summed E-state index contributed by atoms with van der Waals surface area (Å²) in [4.78, 5) is 21.1. The zero-order chi connectivity index (χ0) is 20.1. The van der Waals surface area contributed by atoms with Crippen LogP contribution >= 0.6 is 0 Å². The minimum absolute atomic E-state index is 0.250. The van der Waals surface area contributed by atoms with Gasteiger partial charge in [0.1, 0.15) is 0 Å². The Morgan fingerprint density at radius 3 is 2.69 bits per heavy atom. The third-order valence-electron chi connectivity index (χ3n) is 5.12. The number of pyridine rings is 1. The maximum atomic E-state index is 12.7. The van der Waals surface area contributed by atoms with Gasteiger partial charge in [0.05, 0.1) is 6.61 Å². The first kappa shape index (κ1) is 19.1. The van der Waals surface area contributed by atoms with Crippen LogP contribution in [0.1, 0.15) is 48.3 Å². The Labute approximate surface area is 169 Å². The number of nitrogens with one attached hydrogen (secondary N) is 1. The first-order chi connectivity index (χ1) is 14.2. The standard InChI is InChI=1S/C22H24N4O3/c1-15-24-22(29-26-15)18-11-9-17(10-12-18)21(27)25-20-19(8-5-13-23-20)28-14-16-6-3-2-4-7-16/h5,8-13,16H,2-4,6-7,14H2,1H3,(H,23,25,27). The number of carbonyl (C=O) groups excluding carboxylic acids is 1. The van der Waals surface area contributed by atoms with Gasteiger partial charge in [-0.05, 0) is 62.1 Å². The molecular weight excluding hydrogens is 368 g/mol. The molecule has 29 heavy (non-hydrogen) atoms. The average Bonchev–Trinajstić information content (AvgIpc) is 3.20. The second-order valence-corrected chi connectivity index (χ2v) is 7.34. The van der Waals surface area contributed by atoms with Gasteiger partial charge in [0.15, 0.2) is 17.4 Å². The molecule has 1 saturated carbocycles. The van der Waals surface area contributed by atoms with Crippen molar-refractivity contribution in [2.45, 2.75) is 39.0 Å². The van der Waals surface area contributed by atoms with Crippen molar-refractivity contribution in [1.29, 1.82) is 0 Å². The number of anilines is 1. The maximum Gasteiger partial charge on any atom is 0.257 e. The minimum Gasteiger partial charge on any atom is -0.489 e. The molecule has 3 aromatic rings. The number of rotatable bonds is 6. The lowest BCUT2D eigenvalue weighted by Crippen LogP contribution is -2.17. The molecule has 150 valence electrons. The fourth-order valence-electron chi connectivity index (χ4n) is 3.52. The van der Waals surface area contributed by atoms with Gasteiger partial charge in [-0.2, -0.15) is 4.98 Å². The van der Waals surface area contributed by atoms with Crippen LogP contribution in [0.5, 0.6) is 5.75 Å². The molecule has 7 heteroatoms. The van der Waals surface area contributed by atoms with E-state index in [0.29, 0.717) is 41.4 Å². The van der Waals surface area contributed by atoms with Crippen molar-refractivity contribution in [1.82, 2.24) is 15.1 Å². The van der Waals surface area contributed by atoms with Gasteiger partial charge in [-0.1, -0.05) is 24.4 Å². The van der Waals surface area contributed by atoms with Gasteiger partial charge < -0.3 is 14.6 Å². The zero-order valence-corrected chi connectivity index (χ0v) is 16.4. The summed E-state index contributed by atoms with van der Waals surface area (Å²) in [6.07, 6.45) is 7.90. The summed E-state index contributed by atoms with van der Waals surface area (Å²) in [5.74, 6) is 2.36. The van der Waals surface area contributed by atoms with Crippen molar-refractivity contribution in [3.8, 4) is 17.2 Å². The van der Waals surface area contributed by atoms with E-state index in [1.807, 2.05) is 12.1 Å². The van der Waals surface area contributed by atoms with Gasteiger partial charge in [0.2, 0.25) is 0 Å². The molecule has 2 aromatic heterocycles. The van der Waals surface area contributed by atoms with E-state index in [9.17, 15) is 4.79 Å². The third kappa shape index (κ3) is 4.80. The Balaban J connectivity index is 1.41. The van der Waals surface area contributed by atoms with Crippen LogP contribution < -0.4 is 10.1 Å². The molecule has 1 aliphatic rings. The minimum atomic E-state index is -0.250. The highest BCUT2D eigenvalue weighted by atomic mass is 16.5. The van der Waals surface area contributed by atoms with Crippen LogP contribution in [0.2, 0.25) is 0 Å². The van der Waals surface area contributed by atoms with Crippen molar-refractivity contribution < 1.29 is 14.1 Å². The lowest BCUT2D eigenvalue weighted by Gasteiger charge is -2.22. The highest BCUT2D eigenvalue weighted by Gasteiger charge is 2.16. The van der Waals surface area contributed by atoms with E-state index in [4.69, 9.17) is 9.26 Å². The number of carbonyl (C=O) groups is 1. The molecule has 0 unspecified atom stereocenters. The molecule has 2 heterocycles. The van der Waals surface area contributed by atoms with Crippen LogP contribution in [0.15, 0.2) is 47.1 Å². The van der Waals surface area contributed by atoms with Crippen LogP contribution in [0.4, 0.5) is 5.82 Å². The van der Waals surface area contributed by atoms with Crippen LogP contribution in [0.3, 0.4) is 0 Å². The van der Waals surface area contributed by atoms with Crippen molar-refractivity contribution in [2.24, 2.45) is 5.92 Å². The Hall–Kier alpha value is -3.22. The zero-order valence-electron chi connectivity index (χ0n) is 16.4. The molecule has 0 bridgehead atoms. The van der Waals surface area contributed by atoms with E-state index < -0.39 is 0 Å². The number of benzene rings is 1. The van der Waals surface area contributed by atoms with Gasteiger partial charge >= 0.3 is 0 Å². The highest BCUT2D eigenvalue weighted by molar-refractivity contribution is 6.04. The van der Waals surface area contributed by atoms with E-state index in [-0.39, 0.29) is 5.91 Å². The van der Waals surface area contributed by atoms with Crippen molar-refractivity contribution in [3.63, 3.8) is 0 Å². The number of hydrogen-bond donors (Lipinski definition) is 1. The number of aromatic nitrogens is 3. The molecule has 7 nitrogen and oxygen atoms in total. The van der Waals surface area contributed by atoms with Gasteiger partial charge in [-0.3, -0.25) is 4.79 Å². The Morgan fingerprint density at radius 2 is 1.97 bits per heavy atom.